The number of imidazole rings is 1. The van der Waals surface area contributed by atoms with E-state index in [1.54, 1.807) is 0 Å². The molecule has 0 bridgehead atoms. The smallest absolute Gasteiger partial charge is 0.274 e. The van der Waals surface area contributed by atoms with Crippen LogP contribution >= 0.6 is 23.5 Å². The molecule has 1 saturated heterocycles. The van der Waals surface area contributed by atoms with Crippen molar-refractivity contribution in [2.75, 3.05) is 32.0 Å². The van der Waals surface area contributed by atoms with Crippen LogP contribution in [0.4, 0.5) is 5.82 Å². The highest BCUT2D eigenvalue weighted by Crippen LogP contribution is 2.56. The summed E-state index contributed by atoms with van der Waals surface area (Å²) in [7, 11) is -17.6. The summed E-state index contributed by atoms with van der Waals surface area (Å²) in [5.74, 6) is -1.57. The highest BCUT2D eigenvalue weighted by Gasteiger charge is 2.55. The van der Waals surface area contributed by atoms with E-state index in [2.05, 4.69) is 43.5 Å². The van der Waals surface area contributed by atoms with Crippen LogP contribution in [0.15, 0.2) is 12.7 Å². The highest BCUT2D eigenvalue weighted by atomic mass is 31.3. The van der Waals surface area contributed by atoms with Crippen LogP contribution in [-0.4, -0.2) is 98.0 Å². The summed E-state index contributed by atoms with van der Waals surface area (Å²) in [5.41, 5.74) is 2.03. The van der Waals surface area contributed by atoms with E-state index in [-0.39, 0.29) is 48.7 Å². The zero-order valence-corrected chi connectivity index (χ0v) is 30.8. The number of aliphatic hydroxyl groups is 2. The van der Waals surface area contributed by atoms with Gasteiger partial charge in [0.25, 0.3) is 15.6 Å². The Kier molecular flexibility index (Phi) is 14.4. The molecule has 7 unspecified atom stereocenters. The number of ether oxygens (including phenoxy) is 1. The molecule has 0 radical (unpaired) electrons. The Balaban J connectivity index is 1.59. The van der Waals surface area contributed by atoms with Gasteiger partial charge in [0, 0.05) is 31.3 Å². The van der Waals surface area contributed by atoms with Gasteiger partial charge in [-0.3, -0.25) is 23.3 Å². The summed E-state index contributed by atoms with van der Waals surface area (Å²) in [5, 5.41) is 26.3. The number of nitrogens with two attached hydrogens (primary N) is 1. The van der Waals surface area contributed by atoms with Crippen molar-refractivity contribution in [3.8, 4) is 0 Å². The first-order valence-electron chi connectivity index (χ1n) is 15.2. The lowest BCUT2D eigenvalue weighted by molar-refractivity contribution is -0.347. The van der Waals surface area contributed by atoms with Crippen LogP contribution in [0.5, 0.6) is 0 Å². The third-order valence-corrected chi connectivity index (χ3v) is 10.6. The predicted molar refractivity (Wildman–Crippen MR) is 165 cm³/mol. The molecule has 0 spiro atoms. The Morgan fingerprint density at radius 1 is 1.08 bits per heavy atom. The molecule has 1 fully saturated rings. The minimum Gasteiger partial charge on any atom is -0.790 e. The van der Waals surface area contributed by atoms with E-state index in [9.17, 15) is 57.9 Å². The van der Waals surface area contributed by atoms with Gasteiger partial charge in [-0.25, -0.2) is 19.3 Å². The first-order chi connectivity index (χ1) is 23.9. The van der Waals surface area contributed by atoms with Gasteiger partial charge in [-0.1, -0.05) is 13.8 Å². The fourth-order valence-electron chi connectivity index (χ4n) is 4.79. The summed E-state index contributed by atoms with van der Waals surface area (Å²) in [6.45, 7) is 2.74. The number of aliphatic hydroxyl groups excluding tert-OH is 2. The van der Waals surface area contributed by atoms with Crippen molar-refractivity contribution in [3.05, 3.63) is 12.7 Å². The van der Waals surface area contributed by atoms with Crippen molar-refractivity contribution >= 4 is 58.0 Å². The molecular formula is C25H38N7O17P3-4. The van der Waals surface area contributed by atoms with Crippen LogP contribution in [0.1, 0.15) is 47.0 Å². The average molecular weight is 802 g/mol. The lowest BCUT2D eigenvalue weighted by Gasteiger charge is -2.36. The number of nitrogens with zero attached hydrogens (tertiary/aromatic N) is 4. The van der Waals surface area contributed by atoms with Crippen LogP contribution < -0.4 is 35.9 Å². The Labute approximate surface area is 295 Å². The predicted octanol–water partition coefficient (Wildman–Crippen LogP) is -3.58. The zero-order chi connectivity index (χ0) is 39.3. The van der Waals surface area contributed by atoms with Gasteiger partial charge in [0.15, 0.2) is 17.2 Å². The number of carbonyl (C=O) groups is 3. The maximum absolute atomic E-state index is 12.5. The molecule has 1 aliphatic heterocycles. The molecule has 2 amide bonds. The minimum atomic E-state index is -5.92. The first kappa shape index (κ1) is 43.6. The number of phosphoric ester groups is 3. The quantitative estimate of drug-likeness (QED) is 0.0638. The molecule has 3 rings (SSSR count). The maximum Gasteiger partial charge on any atom is 0.274 e. The number of nitrogen functional groups attached to an aromatic ring is 1. The Morgan fingerprint density at radius 3 is 2.37 bits per heavy atom. The Bertz CT molecular complexity index is 1760. The number of fused-ring (bicyclic) bond motifs is 1. The summed E-state index contributed by atoms with van der Waals surface area (Å²) < 4.78 is 60.8. The van der Waals surface area contributed by atoms with E-state index in [1.807, 2.05) is 0 Å². The van der Waals surface area contributed by atoms with E-state index < -0.39 is 84.1 Å². The van der Waals surface area contributed by atoms with Crippen molar-refractivity contribution in [1.82, 2.24) is 30.2 Å². The van der Waals surface area contributed by atoms with Crippen LogP contribution in [0.2, 0.25) is 0 Å². The number of anilines is 1. The molecule has 7 atom stereocenters. The lowest BCUT2D eigenvalue weighted by Crippen LogP contribution is -2.46. The van der Waals surface area contributed by atoms with Crippen molar-refractivity contribution in [1.29, 1.82) is 0 Å². The van der Waals surface area contributed by atoms with Crippen LogP contribution in [0, 0.1) is 5.41 Å². The average Bonchev–Trinajstić information content (AvgIpc) is 3.56. The third kappa shape index (κ3) is 11.9. The fourth-order valence-corrected chi connectivity index (χ4v) is 7.52. The molecule has 2 aromatic rings. The molecule has 1 aliphatic rings. The molecule has 0 aliphatic carbocycles. The standard InChI is InChI=1S/C25H42N7O17P3/c1-14(33)6-5-8-27-16(34)7-9-28-23(37)20(36)24(2,3)11-46-52(43,44)49-51(41,42)45-10-15-18(48-50(38,39)40)19(35)25(4,47-15)32-13-31-17-21(26)29-12-30-22(17)32/h12-13,15,18-20,35-36H,5-11H2,1-4H3,(H,27,34)(H,28,37)(H,41,42)(H,43,44)(H2,26,29,30)(H2,38,39,40)/p-4. The highest BCUT2D eigenvalue weighted by molar-refractivity contribution is 7.59. The number of nitrogens with one attached hydrogen (secondary N) is 2. The fraction of sp³-hybridized carbons (Fsp3) is 0.680. The van der Waals surface area contributed by atoms with E-state index >= 15 is 0 Å². The number of rotatable bonds is 20. The van der Waals surface area contributed by atoms with Crippen LogP contribution in [0.25, 0.3) is 11.2 Å². The molecule has 294 valence electrons. The van der Waals surface area contributed by atoms with E-state index in [4.69, 9.17) is 10.5 Å². The lowest BCUT2D eigenvalue weighted by atomic mass is 9.87. The zero-order valence-electron chi connectivity index (χ0n) is 28.1. The van der Waals surface area contributed by atoms with Gasteiger partial charge in [0.05, 0.1) is 27.4 Å². The SMILES string of the molecule is CC(=O)CCCNC(=O)CCNC(=O)C(O)C(C)(C)COP(=O)([O-])OP(=O)([O-])OCC1OC(C)(n2cnc3c(N)ncnc32)C(O)C1OP(=O)([O-])[O-]. The minimum absolute atomic E-state index is 0.0318. The van der Waals surface area contributed by atoms with Crippen molar-refractivity contribution in [3.63, 3.8) is 0 Å². The number of hydrogen-bond acceptors (Lipinski definition) is 21. The number of hydrogen-bond donors (Lipinski definition) is 5. The molecule has 0 aromatic carbocycles. The monoisotopic (exact) mass is 801 g/mol. The van der Waals surface area contributed by atoms with Gasteiger partial charge < -0.3 is 73.8 Å². The number of carbonyl (C=O) groups excluding carboxylic acids is 3. The van der Waals surface area contributed by atoms with Crippen molar-refractivity contribution < 1.29 is 80.5 Å². The van der Waals surface area contributed by atoms with Crippen molar-refractivity contribution in [2.24, 2.45) is 5.41 Å². The Hall–Kier alpha value is -2.79. The number of Topliss-reactive ketones (excluding diaryl/α,β-unsaturated/α-hetero) is 1. The second-order valence-corrected chi connectivity index (χ2v) is 16.4. The second-order valence-electron chi connectivity index (χ2n) is 12.4. The van der Waals surface area contributed by atoms with Gasteiger partial charge in [-0.15, -0.1) is 0 Å². The largest absolute Gasteiger partial charge is 0.790 e. The molecule has 24 nitrogen and oxygen atoms in total. The number of phosphoric acid groups is 3. The van der Waals surface area contributed by atoms with Crippen LogP contribution in [0.3, 0.4) is 0 Å². The number of ketones is 1. The first-order valence-corrected chi connectivity index (χ1v) is 19.6. The van der Waals surface area contributed by atoms with Gasteiger partial charge >= 0.3 is 0 Å². The molecule has 2 aromatic heterocycles. The van der Waals surface area contributed by atoms with Gasteiger partial charge in [-0.2, -0.15) is 0 Å². The topological polar surface area (TPSA) is 375 Å². The molecular weight excluding hydrogens is 763 g/mol. The third-order valence-electron chi connectivity index (χ3n) is 7.57. The summed E-state index contributed by atoms with van der Waals surface area (Å²) in [4.78, 5) is 94.9. The summed E-state index contributed by atoms with van der Waals surface area (Å²) >= 11 is 0. The number of amides is 2. The number of aromatic nitrogens is 4. The van der Waals surface area contributed by atoms with Gasteiger partial charge in [0.2, 0.25) is 11.8 Å². The van der Waals surface area contributed by atoms with Gasteiger partial charge in [-0.05, 0) is 20.3 Å². The van der Waals surface area contributed by atoms with E-state index in [1.165, 1.54) is 27.7 Å². The molecule has 6 N–H and O–H groups in total. The van der Waals surface area contributed by atoms with E-state index in [0.29, 0.717) is 6.42 Å². The molecule has 27 heteroatoms. The summed E-state index contributed by atoms with van der Waals surface area (Å²) in [6.07, 6.45) is -5.32. The van der Waals surface area contributed by atoms with Crippen molar-refractivity contribution in [2.45, 2.75) is 77.1 Å². The molecule has 0 saturated carbocycles. The molecule has 52 heavy (non-hydrogen) atoms. The van der Waals surface area contributed by atoms with Crippen LogP contribution in [-0.2, 0) is 56.4 Å². The van der Waals surface area contributed by atoms with E-state index in [0.717, 1.165) is 17.2 Å². The normalized spacial score (nSPS) is 23.8. The molecule has 3 heterocycles. The summed E-state index contributed by atoms with van der Waals surface area (Å²) in [6, 6.07) is 0. The van der Waals surface area contributed by atoms with Gasteiger partial charge in [0.1, 0.15) is 42.0 Å². The second kappa shape index (κ2) is 17.1. The Morgan fingerprint density at radius 2 is 1.73 bits per heavy atom. The maximum atomic E-state index is 12.5.